The lowest BCUT2D eigenvalue weighted by molar-refractivity contribution is -0.116. The van der Waals surface area contributed by atoms with Gasteiger partial charge in [0.2, 0.25) is 5.91 Å². The highest BCUT2D eigenvalue weighted by Crippen LogP contribution is 2.31. The number of nitrogens with zero attached hydrogens (tertiary/aromatic N) is 1. The smallest absolute Gasteiger partial charge is 0.242 e. The number of rotatable bonds is 3. The Morgan fingerprint density at radius 2 is 2.25 bits per heavy atom. The van der Waals surface area contributed by atoms with Gasteiger partial charge in [0.05, 0.1) is 24.9 Å². The molecule has 1 aliphatic rings. The van der Waals surface area contributed by atoms with E-state index in [-0.39, 0.29) is 17.8 Å². The first kappa shape index (κ1) is 15.5. The first-order valence-corrected chi connectivity index (χ1v) is 7.76. The molecule has 1 amide bonds. The van der Waals surface area contributed by atoms with Crippen molar-refractivity contribution in [2.24, 2.45) is 0 Å². The van der Waals surface area contributed by atoms with E-state index < -0.39 is 0 Å². The Balaban J connectivity index is 2.44. The molecule has 0 saturated heterocycles. The van der Waals surface area contributed by atoms with E-state index in [1.54, 1.807) is 4.90 Å². The molecule has 1 aromatic rings. The number of ether oxygens (including phenoxy) is 1. The van der Waals surface area contributed by atoms with Gasteiger partial charge in [0.25, 0.3) is 0 Å². The Labute approximate surface area is 132 Å². The van der Waals surface area contributed by atoms with Crippen LogP contribution in [-0.4, -0.2) is 31.0 Å². The van der Waals surface area contributed by atoms with Crippen LogP contribution in [0, 0.1) is 6.92 Å². The fourth-order valence-electron chi connectivity index (χ4n) is 2.26. The number of benzene rings is 1. The van der Waals surface area contributed by atoms with E-state index in [1.807, 2.05) is 38.1 Å². The largest absolute Gasteiger partial charge is 0.375 e. The van der Waals surface area contributed by atoms with Crippen molar-refractivity contribution in [2.75, 3.05) is 24.0 Å². The third kappa shape index (κ3) is 3.25. The van der Waals surface area contributed by atoms with Gasteiger partial charge in [-0.15, -0.1) is 11.6 Å². The summed E-state index contributed by atoms with van der Waals surface area (Å²) in [4.78, 5) is 14.0. The zero-order chi connectivity index (χ0) is 14.7. The van der Waals surface area contributed by atoms with Gasteiger partial charge in [-0.1, -0.05) is 12.1 Å². The molecule has 0 radical (unpaired) electrons. The van der Waals surface area contributed by atoms with Crippen LogP contribution in [0.3, 0.4) is 0 Å². The number of hydrogen-bond acceptors (Lipinski definition) is 2. The van der Waals surface area contributed by atoms with Crippen LogP contribution in [-0.2, 0) is 9.53 Å². The molecule has 0 aliphatic carbocycles. The fraction of sp³-hybridized carbons (Fsp3) is 0.400. The summed E-state index contributed by atoms with van der Waals surface area (Å²) in [6.07, 6.45) is 2.00. The molecule has 2 rings (SSSR count). The Morgan fingerprint density at radius 1 is 1.50 bits per heavy atom. The van der Waals surface area contributed by atoms with E-state index >= 15 is 0 Å². The summed E-state index contributed by atoms with van der Waals surface area (Å²) in [5.41, 5.74) is 3.08. The molecule has 5 heteroatoms. The molecule has 108 valence electrons. The van der Waals surface area contributed by atoms with E-state index in [1.165, 1.54) is 0 Å². The summed E-state index contributed by atoms with van der Waals surface area (Å²) in [6.45, 7) is 5.12. The number of halogens is 2. The second kappa shape index (κ2) is 6.74. The third-order valence-corrected chi connectivity index (χ3v) is 4.25. The maximum absolute atomic E-state index is 12.3. The SMILES string of the molecule is CC1=CCOCC1N(C(=O)CCl)c1ccc(C)cc1Br. The predicted molar refractivity (Wildman–Crippen MR) is 85.4 cm³/mol. The number of hydrogen-bond donors (Lipinski definition) is 0. The Hall–Kier alpha value is -0.840. The highest BCUT2D eigenvalue weighted by atomic mass is 79.9. The zero-order valence-corrected chi connectivity index (χ0v) is 13.9. The van der Waals surface area contributed by atoms with E-state index in [9.17, 15) is 4.79 Å². The summed E-state index contributed by atoms with van der Waals surface area (Å²) < 4.78 is 6.37. The molecule has 0 saturated carbocycles. The maximum Gasteiger partial charge on any atom is 0.242 e. The molecule has 0 fully saturated rings. The van der Waals surface area contributed by atoms with Crippen LogP contribution in [0.25, 0.3) is 0 Å². The van der Waals surface area contributed by atoms with Crippen LogP contribution in [0.15, 0.2) is 34.3 Å². The predicted octanol–water partition coefficient (Wildman–Crippen LogP) is 3.67. The van der Waals surface area contributed by atoms with Gasteiger partial charge in [-0.25, -0.2) is 0 Å². The van der Waals surface area contributed by atoms with Gasteiger partial charge >= 0.3 is 0 Å². The maximum atomic E-state index is 12.3. The van der Waals surface area contributed by atoms with Crippen molar-refractivity contribution in [2.45, 2.75) is 19.9 Å². The lowest BCUT2D eigenvalue weighted by Crippen LogP contribution is -2.46. The summed E-state index contributed by atoms with van der Waals surface area (Å²) in [7, 11) is 0. The minimum atomic E-state index is -0.125. The van der Waals surface area contributed by atoms with Crippen LogP contribution < -0.4 is 4.90 Å². The number of amides is 1. The average molecular weight is 359 g/mol. The molecule has 1 atom stereocenters. The van der Waals surface area contributed by atoms with Gasteiger partial charge in [0, 0.05) is 4.47 Å². The van der Waals surface area contributed by atoms with Gasteiger partial charge in [-0.05, 0) is 53.0 Å². The van der Waals surface area contributed by atoms with Gasteiger partial charge < -0.3 is 9.64 Å². The van der Waals surface area contributed by atoms with Gasteiger partial charge in [-0.2, -0.15) is 0 Å². The Kier molecular flexibility index (Phi) is 5.24. The van der Waals surface area contributed by atoms with Crippen molar-refractivity contribution < 1.29 is 9.53 Å². The molecular weight excluding hydrogens is 342 g/mol. The first-order valence-electron chi connectivity index (χ1n) is 6.43. The van der Waals surface area contributed by atoms with Crippen molar-refractivity contribution in [1.29, 1.82) is 0 Å². The second-order valence-electron chi connectivity index (χ2n) is 4.85. The lowest BCUT2D eigenvalue weighted by atomic mass is 10.0. The Bertz CT molecular complexity index is 545. The molecule has 0 spiro atoms. The van der Waals surface area contributed by atoms with Gasteiger partial charge in [-0.3, -0.25) is 4.79 Å². The number of aryl methyl sites for hydroxylation is 1. The molecule has 1 aliphatic heterocycles. The van der Waals surface area contributed by atoms with E-state index in [0.29, 0.717) is 13.2 Å². The number of alkyl halides is 1. The van der Waals surface area contributed by atoms with Gasteiger partial charge in [0.15, 0.2) is 0 Å². The van der Waals surface area contributed by atoms with Crippen molar-refractivity contribution in [3.63, 3.8) is 0 Å². The van der Waals surface area contributed by atoms with Crippen LogP contribution in [0.2, 0.25) is 0 Å². The molecule has 1 aromatic carbocycles. The van der Waals surface area contributed by atoms with E-state index in [0.717, 1.165) is 21.3 Å². The van der Waals surface area contributed by atoms with Crippen LogP contribution >= 0.6 is 27.5 Å². The number of anilines is 1. The monoisotopic (exact) mass is 357 g/mol. The average Bonchev–Trinajstić information content (AvgIpc) is 2.43. The summed E-state index contributed by atoms with van der Waals surface area (Å²) in [5, 5.41) is 0. The van der Waals surface area contributed by atoms with Crippen molar-refractivity contribution in [3.8, 4) is 0 Å². The lowest BCUT2D eigenvalue weighted by Gasteiger charge is -2.34. The standard InChI is InChI=1S/C15H17BrClNO2/c1-10-3-4-13(12(16)7-10)18(15(19)8-17)14-9-20-6-5-11(14)2/h3-5,7,14H,6,8-9H2,1-2H3. The summed E-state index contributed by atoms with van der Waals surface area (Å²) >= 11 is 9.31. The zero-order valence-electron chi connectivity index (χ0n) is 11.5. The van der Waals surface area contributed by atoms with Crippen LogP contribution in [0.1, 0.15) is 12.5 Å². The highest BCUT2D eigenvalue weighted by molar-refractivity contribution is 9.10. The molecule has 0 N–H and O–H groups in total. The minimum absolute atomic E-state index is 0.0515. The normalized spacial score (nSPS) is 18.6. The number of carbonyl (C=O) groups excluding carboxylic acids is 1. The summed E-state index contributed by atoms with van der Waals surface area (Å²) in [6, 6.07) is 5.81. The first-order chi connectivity index (χ1) is 9.54. The Morgan fingerprint density at radius 3 is 2.85 bits per heavy atom. The third-order valence-electron chi connectivity index (χ3n) is 3.38. The highest BCUT2D eigenvalue weighted by Gasteiger charge is 2.29. The molecular formula is C15H17BrClNO2. The molecule has 20 heavy (non-hydrogen) atoms. The van der Waals surface area contributed by atoms with Crippen molar-refractivity contribution in [1.82, 2.24) is 0 Å². The fourth-order valence-corrected chi connectivity index (χ4v) is 3.08. The quantitative estimate of drug-likeness (QED) is 0.609. The summed E-state index contributed by atoms with van der Waals surface area (Å²) in [5.74, 6) is -0.177. The van der Waals surface area contributed by atoms with Crippen LogP contribution in [0.4, 0.5) is 5.69 Å². The molecule has 0 bridgehead atoms. The van der Waals surface area contributed by atoms with E-state index in [2.05, 4.69) is 15.9 Å². The molecule has 3 nitrogen and oxygen atoms in total. The van der Waals surface area contributed by atoms with E-state index in [4.69, 9.17) is 16.3 Å². The van der Waals surface area contributed by atoms with Gasteiger partial charge in [0.1, 0.15) is 5.88 Å². The minimum Gasteiger partial charge on any atom is -0.375 e. The topological polar surface area (TPSA) is 29.5 Å². The molecule has 0 aromatic heterocycles. The second-order valence-corrected chi connectivity index (χ2v) is 5.98. The van der Waals surface area contributed by atoms with Crippen LogP contribution in [0.5, 0.6) is 0 Å². The molecule has 1 unspecified atom stereocenters. The van der Waals surface area contributed by atoms with Crippen molar-refractivity contribution >= 4 is 39.1 Å². The molecule has 1 heterocycles. The number of carbonyl (C=O) groups is 1. The van der Waals surface area contributed by atoms with Crippen molar-refractivity contribution in [3.05, 3.63) is 39.9 Å².